The minimum atomic E-state index is 0.893. The fourth-order valence-electron chi connectivity index (χ4n) is 7.00. The van der Waals surface area contributed by atoms with Gasteiger partial charge in [-0.15, -0.1) is 0 Å². The molecule has 4 aromatic carbocycles. The zero-order valence-electron chi connectivity index (χ0n) is 27.0. The van der Waals surface area contributed by atoms with Crippen LogP contribution in [0.4, 0.5) is 11.4 Å². The maximum absolute atomic E-state index is 2.50. The van der Waals surface area contributed by atoms with Gasteiger partial charge in [-0.1, -0.05) is 48.5 Å². The molecule has 0 spiro atoms. The van der Waals surface area contributed by atoms with Crippen LogP contribution < -0.4 is 9.80 Å². The average molecular weight is 569 g/mol. The zero-order valence-corrected chi connectivity index (χ0v) is 27.0. The standard InChI is InChI=1S/C39H44N4/c1-9-42-26(3)34(38-32(13-11-15-36(38)42)28-17-21-30(22-18-28)40(5)6)25-35-27(4)43(10-2)37-16-12-14-33(39(35)37)29-19-23-31(24-20-29)41(7)8/h11-24H,9-10,25H2,1-8H3. The van der Waals surface area contributed by atoms with Crippen LogP contribution in [0.1, 0.15) is 36.4 Å². The van der Waals surface area contributed by atoms with Crippen LogP contribution in [0.5, 0.6) is 0 Å². The Balaban J connectivity index is 1.59. The van der Waals surface area contributed by atoms with E-state index in [1.165, 1.54) is 77.9 Å². The first-order valence-corrected chi connectivity index (χ1v) is 15.5. The number of nitrogens with zero attached hydrogens (tertiary/aromatic N) is 4. The second-order valence-electron chi connectivity index (χ2n) is 12.1. The van der Waals surface area contributed by atoms with Crippen LogP contribution in [0.3, 0.4) is 0 Å². The molecule has 6 rings (SSSR count). The van der Waals surface area contributed by atoms with E-state index < -0.39 is 0 Å². The molecular formula is C39H44N4. The third kappa shape index (κ3) is 4.79. The molecule has 43 heavy (non-hydrogen) atoms. The maximum atomic E-state index is 2.50. The number of hydrogen-bond donors (Lipinski definition) is 0. The molecule has 0 saturated heterocycles. The first kappa shape index (κ1) is 28.7. The Kier molecular flexibility index (Phi) is 7.56. The van der Waals surface area contributed by atoms with Crippen molar-refractivity contribution in [1.29, 1.82) is 0 Å². The van der Waals surface area contributed by atoms with Gasteiger partial charge in [0, 0.05) is 92.3 Å². The van der Waals surface area contributed by atoms with Crippen molar-refractivity contribution in [3.05, 3.63) is 107 Å². The molecule has 4 heteroatoms. The number of hydrogen-bond acceptors (Lipinski definition) is 2. The number of fused-ring (bicyclic) bond motifs is 2. The summed E-state index contributed by atoms with van der Waals surface area (Å²) in [7, 11) is 8.38. The minimum Gasteiger partial charge on any atom is -0.378 e. The van der Waals surface area contributed by atoms with Crippen molar-refractivity contribution in [3.63, 3.8) is 0 Å². The number of rotatable bonds is 8. The van der Waals surface area contributed by atoms with Crippen LogP contribution in [-0.2, 0) is 19.5 Å². The normalized spacial score (nSPS) is 11.5. The van der Waals surface area contributed by atoms with Gasteiger partial charge in [0.1, 0.15) is 0 Å². The second kappa shape index (κ2) is 11.3. The van der Waals surface area contributed by atoms with E-state index in [9.17, 15) is 0 Å². The van der Waals surface area contributed by atoms with Gasteiger partial charge in [0.05, 0.1) is 0 Å². The van der Waals surface area contributed by atoms with Crippen molar-refractivity contribution in [2.24, 2.45) is 0 Å². The topological polar surface area (TPSA) is 16.3 Å². The number of anilines is 2. The SMILES string of the molecule is CCn1c(C)c(Cc2c(C)n(CC)c3cccc(-c4ccc(N(C)C)cc4)c23)c2c(-c3ccc(N(C)C)cc3)cccc21. The van der Waals surface area contributed by atoms with Gasteiger partial charge in [0.2, 0.25) is 0 Å². The highest BCUT2D eigenvalue weighted by Crippen LogP contribution is 2.41. The van der Waals surface area contributed by atoms with Gasteiger partial charge in [0.15, 0.2) is 0 Å². The van der Waals surface area contributed by atoms with Crippen LogP contribution in [0, 0.1) is 13.8 Å². The van der Waals surface area contributed by atoms with Gasteiger partial charge < -0.3 is 18.9 Å². The monoisotopic (exact) mass is 568 g/mol. The maximum Gasteiger partial charge on any atom is 0.0491 e. The van der Waals surface area contributed by atoms with Crippen molar-refractivity contribution in [1.82, 2.24) is 9.13 Å². The number of benzene rings is 4. The van der Waals surface area contributed by atoms with E-state index in [1.807, 2.05) is 0 Å². The van der Waals surface area contributed by atoms with E-state index in [0.29, 0.717) is 0 Å². The lowest BCUT2D eigenvalue weighted by molar-refractivity contribution is 0.757. The predicted octanol–water partition coefficient (Wildman–Crippen LogP) is 9.31. The summed E-state index contributed by atoms with van der Waals surface area (Å²) in [6.07, 6.45) is 0.893. The Hall–Kier alpha value is -4.44. The quantitative estimate of drug-likeness (QED) is 0.182. The van der Waals surface area contributed by atoms with E-state index in [2.05, 4.69) is 160 Å². The molecular weight excluding hydrogens is 524 g/mol. The van der Waals surface area contributed by atoms with E-state index in [1.54, 1.807) is 0 Å². The molecule has 0 atom stereocenters. The average Bonchev–Trinajstić information content (AvgIpc) is 3.46. The van der Waals surface area contributed by atoms with E-state index in [0.717, 1.165) is 19.5 Å². The summed E-state index contributed by atoms with van der Waals surface area (Å²) in [4.78, 5) is 4.32. The van der Waals surface area contributed by atoms with E-state index >= 15 is 0 Å². The molecule has 0 radical (unpaired) electrons. The van der Waals surface area contributed by atoms with Crippen LogP contribution >= 0.6 is 0 Å². The van der Waals surface area contributed by atoms with E-state index in [4.69, 9.17) is 0 Å². The van der Waals surface area contributed by atoms with Gasteiger partial charge in [-0.3, -0.25) is 0 Å². The molecule has 0 aliphatic carbocycles. The summed E-state index contributed by atoms with van der Waals surface area (Å²) < 4.78 is 5.00. The lowest BCUT2D eigenvalue weighted by Crippen LogP contribution is -2.07. The Morgan fingerprint density at radius 3 is 1.21 bits per heavy atom. The van der Waals surface area contributed by atoms with Crippen molar-refractivity contribution in [2.45, 2.75) is 47.2 Å². The van der Waals surface area contributed by atoms with Gasteiger partial charge in [-0.25, -0.2) is 0 Å². The summed E-state index contributed by atoms with van der Waals surface area (Å²) in [6, 6.07) is 31.6. The molecule has 0 saturated carbocycles. The minimum absolute atomic E-state index is 0.893. The summed E-state index contributed by atoms with van der Waals surface area (Å²) in [6.45, 7) is 11.0. The van der Waals surface area contributed by atoms with Crippen molar-refractivity contribution in [2.75, 3.05) is 38.0 Å². The highest BCUT2D eigenvalue weighted by atomic mass is 15.1. The molecule has 0 unspecified atom stereocenters. The number of aromatic nitrogens is 2. The van der Waals surface area contributed by atoms with Gasteiger partial charge in [0.25, 0.3) is 0 Å². The third-order valence-electron chi connectivity index (χ3n) is 9.33. The molecule has 2 aromatic heterocycles. The fraction of sp³-hybridized carbons (Fsp3) is 0.282. The van der Waals surface area contributed by atoms with Crippen LogP contribution in [0.15, 0.2) is 84.9 Å². The molecule has 0 fully saturated rings. The van der Waals surface area contributed by atoms with Crippen molar-refractivity contribution < 1.29 is 0 Å². The largest absolute Gasteiger partial charge is 0.378 e. The Bertz CT molecular complexity index is 1770. The van der Waals surface area contributed by atoms with Crippen molar-refractivity contribution in [3.8, 4) is 22.3 Å². The zero-order chi connectivity index (χ0) is 30.4. The first-order valence-electron chi connectivity index (χ1n) is 15.5. The Labute approximate surface area is 256 Å². The lowest BCUT2D eigenvalue weighted by Gasteiger charge is -2.14. The fourth-order valence-corrected chi connectivity index (χ4v) is 7.00. The molecule has 6 aromatic rings. The van der Waals surface area contributed by atoms with Gasteiger partial charge in [-0.2, -0.15) is 0 Å². The van der Waals surface area contributed by atoms with E-state index in [-0.39, 0.29) is 0 Å². The third-order valence-corrected chi connectivity index (χ3v) is 9.33. The molecule has 0 aliphatic rings. The van der Waals surface area contributed by atoms with Crippen molar-refractivity contribution >= 4 is 33.2 Å². The predicted molar refractivity (Wildman–Crippen MR) is 187 cm³/mol. The van der Waals surface area contributed by atoms with Crippen LogP contribution in [-0.4, -0.2) is 37.3 Å². The Morgan fingerprint density at radius 1 is 0.512 bits per heavy atom. The summed E-state index contributed by atoms with van der Waals surface area (Å²) in [5.41, 5.74) is 15.8. The highest BCUT2D eigenvalue weighted by molar-refractivity contribution is 6.02. The second-order valence-corrected chi connectivity index (χ2v) is 12.1. The van der Waals surface area contributed by atoms with Gasteiger partial charge >= 0.3 is 0 Å². The van der Waals surface area contributed by atoms with Crippen LogP contribution in [0.2, 0.25) is 0 Å². The molecule has 220 valence electrons. The summed E-state index contributed by atoms with van der Waals surface area (Å²) >= 11 is 0. The van der Waals surface area contributed by atoms with Gasteiger partial charge in [-0.05, 0) is 97.5 Å². The molecule has 0 bridgehead atoms. The lowest BCUT2D eigenvalue weighted by atomic mass is 9.92. The molecule has 0 N–H and O–H groups in total. The molecule has 4 nitrogen and oxygen atoms in total. The first-order chi connectivity index (χ1) is 20.7. The molecule has 0 amide bonds. The highest BCUT2D eigenvalue weighted by Gasteiger charge is 2.23. The molecule has 0 aliphatic heterocycles. The Morgan fingerprint density at radius 2 is 0.884 bits per heavy atom. The molecule has 2 heterocycles. The smallest absolute Gasteiger partial charge is 0.0491 e. The summed E-state index contributed by atoms with van der Waals surface area (Å²) in [5, 5.41) is 2.76. The number of aryl methyl sites for hydroxylation is 2. The summed E-state index contributed by atoms with van der Waals surface area (Å²) in [5.74, 6) is 0. The van der Waals surface area contributed by atoms with Crippen LogP contribution in [0.25, 0.3) is 44.1 Å².